The number of aliphatic hydroxyl groups excluding tert-OH is 1. The number of aromatic nitrogens is 1. The molecule has 2 aromatic rings. The number of fused-ring (bicyclic) bond motifs is 1. The van der Waals surface area contributed by atoms with Gasteiger partial charge in [-0.3, -0.25) is 0 Å². The van der Waals surface area contributed by atoms with Crippen molar-refractivity contribution in [2.45, 2.75) is 25.9 Å². The van der Waals surface area contributed by atoms with Crippen molar-refractivity contribution in [2.75, 3.05) is 26.9 Å². The van der Waals surface area contributed by atoms with Crippen molar-refractivity contribution < 1.29 is 9.84 Å². The molecule has 2 N–H and O–H groups in total. The van der Waals surface area contributed by atoms with Gasteiger partial charge in [-0.05, 0) is 24.5 Å². The molecule has 0 unspecified atom stereocenters. The van der Waals surface area contributed by atoms with Crippen LogP contribution in [0.5, 0.6) is 0 Å². The summed E-state index contributed by atoms with van der Waals surface area (Å²) in [6.45, 7) is 3.68. The molecule has 0 saturated heterocycles. The summed E-state index contributed by atoms with van der Waals surface area (Å²) in [6.07, 6.45) is 4.08. The molecule has 1 aromatic carbocycles. The monoisotopic (exact) mass is 276 g/mol. The minimum absolute atomic E-state index is 0.268. The van der Waals surface area contributed by atoms with Crippen LogP contribution >= 0.6 is 0 Å². The fourth-order valence-corrected chi connectivity index (χ4v) is 2.44. The first-order valence-corrected chi connectivity index (χ1v) is 7.24. The number of rotatable bonds is 9. The minimum atomic E-state index is 0.268. The van der Waals surface area contributed by atoms with E-state index in [0.29, 0.717) is 0 Å². The maximum Gasteiger partial charge on any atom is 0.0587 e. The highest BCUT2D eigenvalue weighted by atomic mass is 16.5. The van der Waals surface area contributed by atoms with E-state index in [2.05, 4.69) is 40.3 Å². The summed E-state index contributed by atoms with van der Waals surface area (Å²) in [5, 5.41) is 13.6. The molecule has 0 atom stereocenters. The number of aliphatic hydroxyl groups is 1. The van der Waals surface area contributed by atoms with Crippen LogP contribution < -0.4 is 5.32 Å². The van der Waals surface area contributed by atoms with Crippen molar-refractivity contribution in [2.24, 2.45) is 0 Å². The first-order chi connectivity index (χ1) is 9.86. The number of para-hydroxylation sites is 1. The summed E-state index contributed by atoms with van der Waals surface area (Å²) in [5.74, 6) is 0. The molecular formula is C16H24N2O2. The van der Waals surface area contributed by atoms with E-state index >= 15 is 0 Å². The van der Waals surface area contributed by atoms with Crippen LogP contribution in [0.25, 0.3) is 10.9 Å². The molecule has 0 aliphatic rings. The van der Waals surface area contributed by atoms with Gasteiger partial charge in [0.1, 0.15) is 0 Å². The summed E-state index contributed by atoms with van der Waals surface area (Å²) in [6, 6.07) is 8.49. The Balaban J connectivity index is 2.09. The van der Waals surface area contributed by atoms with Crippen molar-refractivity contribution in [1.29, 1.82) is 0 Å². The topological polar surface area (TPSA) is 46.4 Å². The lowest BCUT2D eigenvalue weighted by Crippen LogP contribution is -2.18. The van der Waals surface area contributed by atoms with Crippen molar-refractivity contribution in [1.82, 2.24) is 9.88 Å². The van der Waals surface area contributed by atoms with Crippen LogP contribution in [-0.2, 0) is 17.8 Å². The highest BCUT2D eigenvalue weighted by Crippen LogP contribution is 2.21. The number of nitrogens with zero attached hydrogens (tertiary/aromatic N) is 1. The minimum Gasteiger partial charge on any atom is -0.396 e. The Hall–Kier alpha value is -1.36. The highest BCUT2D eigenvalue weighted by Gasteiger charge is 2.07. The molecule has 0 bridgehead atoms. The fourth-order valence-electron chi connectivity index (χ4n) is 2.44. The quantitative estimate of drug-likeness (QED) is 0.690. The third kappa shape index (κ3) is 3.82. The molecule has 0 radical (unpaired) electrons. The SMILES string of the molecule is COCCNCc1cn(CCCCO)c2ccccc12. The second kappa shape index (κ2) is 8.04. The van der Waals surface area contributed by atoms with Crippen molar-refractivity contribution in [3.63, 3.8) is 0 Å². The summed E-state index contributed by atoms with van der Waals surface area (Å²) >= 11 is 0. The van der Waals surface area contributed by atoms with Gasteiger partial charge in [-0.25, -0.2) is 0 Å². The Bertz CT molecular complexity index is 522. The van der Waals surface area contributed by atoms with Gasteiger partial charge < -0.3 is 19.7 Å². The van der Waals surface area contributed by atoms with Gasteiger partial charge in [-0.15, -0.1) is 0 Å². The number of hydrogen-bond donors (Lipinski definition) is 2. The molecule has 0 fully saturated rings. The number of aryl methyl sites for hydroxylation is 1. The molecule has 1 heterocycles. The zero-order chi connectivity index (χ0) is 14.2. The van der Waals surface area contributed by atoms with Gasteiger partial charge in [0.2, 0.25) is 0 Å². The van der Waals surface area contributed by atoms with Gasteiger partial charge in [0.25, 0.3) is 0 Å². The predicted molar refractivity (Wildman–Crippen MR) is 81.8 cm³/mol. The van der Waals surface area contributed by atoms with Crippen LogP contribution in [-0.4, -0.2) is 36.5 Å². The van der Waals surface area contributed by atoms with Gasteiger partial charge in [0.15, 0.2) is 0 Å². The van der Waals surface area contributed by atoms with Crippen molar-refractivity contribution in [3.8, 4) is 0 Å². The van der Waals surface area contributed by atoms with Crippen LogP contribution in [0.4, 0.5) is 0 Å². The first-order valence-electron chi connectivity index (χ1n) is 7.24. The van der Waals surface area contributed by atoms with Crippen LogP contribution in [0, 0.1) is 0 Å². The third-order valence-electron chi connectivity index (χ3n) is 3.48. The number of methoxy groups -OCH3 is 1. The molecule has 20 heavy (non-hydrogen) atoms. The Morgan fingerprint density at radius 1 is 1.25 bits per heavy atom. The van der Waals surface area contributed by atoms with E-state index in [0.717, 1.165) is 39.1 Å². The first kappa shape index (κ1) is 15.0. The third-order valence-corrected chi connectivity index (χ3v) is 3.48. The van der Waals surface area contributed by atoms with E-state index < -0.39 is 0 Å². The van der Waals surface area contributed by atoms with Gasteiger partial charge in [-0.1, -0.05) is 18.2 Å². The number of hydrogen-bond acceptors (Lipinski definition) is 3. The van der Waals surface area contributed by atoms with Crippen LogP contribution in [0.15, 0.2) is 30.5 Å². The summed E-state index contributed by atoms with van der Waals surface area (Å²) in [4.78, 5) is 0. The van der Waals surface area contributed by atoms with Gasteiger partial charge in [0, 0.05) is 50.5 Å². The van der Waals surface area contributed by atoms with Crippen LogP contribution in [0.1, 0.15) is 18.4 Å². The number of unbranched alkanes of at least 4 members (excludes halogenated alkanes) is 1. The van der Waals surface area contributed by atoms with E-state index in [9.17, 15) is 0 Å². The molecule has 0 spiro atoms. The zero-order valence-corrected chi connectivity index (χ0v) is 12.1. The van der Waals surface area contributed by atoms with Crippen molar-refractivity contribution in [3.05, 3.63) is 36.0 Å². The lowest BCUT2D eigenvalue weighted by Gasteiger charge is -2.03. The average Bonchev–Trinajstić information content (AvgIpc) is 2.83. The molecule has 110 valence electrons. The number of benzene rings is 1. The van der Waals surface area contributed by atoms with E-state index in [1.807, 2.05) is 0 Å². The highest BCUT2D eigenvalue weighted by molar-refractivity contribution is 5.83. The van der Waals surface area contributed by atoms with E-state index in [1.165, 1.54) is 16.5 Å². The lowest BCUT2D eigenvalue weighted by atomic mass is 10.2. The Morgan fingerprint density at radius 3 is 2.90 bits per heavy atom. The molecular weight excluding hydrogens is 252 g/mol. The van der Waals surface area contributed by atoms with Gasteiger partial charge in [-0.2, -0.15) is 0 Å². The molecule has 0 aliphatic carbocycles. The summed E-state index contributed by atoms with van der Waals surface area (Å²) in [7, 11) is 1.72. The average molecular weight is 276 g/mol. The van der Waals surface area contributed by atoms with Crippen LogP contribution in [0.3, 0.4) is 0 Å². The summed E-state index contributed by atoms with van der Waals surface area (Å²) < 4.78 is 7.34. The Morgan fingerprint density at radius 2 is 2.10 bits per heavy atom. The van der Waals surface area contributed by atoms with Crippen molar-refractivity contribution >= 4 is 10.9 Å². The smallest absolute Gasteiger partial charge is 0.0587 e. The fraction of sp³-hybridized carbons (Fsp3) is 0.500. The maximum absolute atomic E-state index is 8.90. The second-order valence-corrected chi connectivity index (χ2v) is 4.97. The number of ether oxygens (including phenoxy) is 1. The van der Waals surface area contributed by atoms with E-state index in [1.54, 1.807) is 7.11 Å². The largest absolute Gasteiger partial charge is 0.396 e. The second-order valence-electron chi connectivity index (χ2n) is 4.97. The van der Waals surface area contributed by atoms with Gasteiger partial charge in [0.05, 0.1) is 6.61 Å². The molecule has 2 rings (SSSR count). The normalized spacial score (nSPS) is 11.3. The lowest BCUT2D eigenvalue weighted by molar-refractivity contribution is 0.199. The zero-order valence-electron chi connectivity index (χ0n) is 12.1. The molecule has 0 aliphatic heterocycles. The van der Waals surface area contributed by atoms with Crippen LogP contribution in [0.2, 0.25) is 0 Å². The molecule has 0 amide bonds. The summed E-state index contributed by atoms with van der Waals surface area (Å²) in [5.41, 5.74) is 2.59. The van der Waals surface area contributed by atoms with Gasteiger partial charge >= 0.3 is 0 Å². The predicted octanol–water partition coefficient (Wildman–Crippen LogP) is 2.15. The number of nitrogens with one attached hydrogen (secondary N) is 1. The molecule has 0 saturated carbocycles. The molecule has 1 aromatic heterocycles. The Kier molecular flexibility index (Phi) is 6.05. The Labute approximate surface area is 120 Å². The van der Waals surface area contributed by atoms with E-state index in [-0.39, 0.29) is 6.61 Å². The standard InChI is InChI=1S/C16H24N2O2/c1-20-11-8-17-12-14-13-18(9-4-5-10-19)16-7-3-2-6-15(14)16/h2-3,6-7,13,17,19H,4-5,8-12H2,1H3. The van der Waals surface area contributed by atoms with E-state index in [4.69, 9.17) is 9.84 Å². The maximum atomic E-state index is 8.90. The molecule has 4 heteroatoms. The molecule has 4 nitrogen and oxygen atoms in total.